The minimum absolute atomic E-state index is 0.00732. The fraction of sp³-hybridized carbons (Fsp3) is 0.500. The SMILES string of the molecule is CCCCc1cc(C(=O)COC)ccc1OC. The van der Waals surface area contributed by atoms with Crippen LogP contribution in [0.3, 0.4) is 0 Å². The number of rotatable bonds is 7. The van der Waals surface area contributed by atoms with Gasteiger partial charge in [0.1, 0.15) is 12.4 Å². The summed E-state index contributed by atoms with van der Waals surface area (Å²) in [6.07, 6.45) is 3.16. The summed E-state index contributed by atoms with van der Waals surface area (Å²) in [7, 11) is 3.18. The van der Waals surface area contributed by atoms with Gasteiger partial charge in [0.2, 0.25) is 0 Å². The highest BCUT2D eigenvalue weighted by atomic mass is 16.5. The number of carbonyl (C=O) groups excluding carboxylic acids is 1. The molecule has 0 saturated carbocycles. The van der Waals surface area contributed by atoms with Crippen LogP contribution in [0.4, 0.5) is 0 Å². The fourth-order valence-electron chi connectivity index (χ4n) is 1.73. The van der Waals surface area contributed by atoms with Crippen LogP contribution in [0.1, 0.15) is 35.7 Å². The van der Waals surface area contributed by atoms with Crippen molar-refractivity contribution in [3.63, 3.8) is 0 Å². The van der Waals surface area contributed by atoms with E-state index in [-0.39, 0.29) is 12.4 Å². The van der Waals surface area contributed by atoms with E-state index in [0.29, 0.717) is 5.56 Å². The second kappa shape index (κ2) is 7.07. The van der Waals surface area contributed by atoms with Gasteiger partial charge in [-0.05, 0) is 36.6 Å². The first-order valence-corrected chi connectivity index (χ1v) is 5.92. The number of unbranched alkanes of at least 4 members (excludes halogenated alkanes) is 1. The predicted molar refractivity (Wildman–Crippen MR) is 67.8 cm³/mol. The zero-order valence-corrected chi connectivity index (χ0v) is 10.8. The van der Waals surface area contributed by atoms with Crippen LogP contribution < -0.4 is 4.74 Å². The van der Waals surface area contributed by atoms with Crippen LogP contribution in [-0.4, -0.2) is 26.6 Å². The van der Waals surface area contributed by atoms with Crippen molar-refractivity contribution in [1.82, 2.24) is 0 Å². The van der Waals surface area contributed by atoms with E-state index in [1.165, 1.54) is 7.11 Å². The molecule has 0 aliphatic rings. The van der Waals surface area contributed by atoms with Crippen molar-refractivity contribution in [2.24, 2.45) is 0 Å². The Morgan fingerprint density at radius 1 is 1.29 bits per heavy atom. The Morgan fingerprint density at radius 3 is 2.65 bits per heavy atom. The first kappa shape index (κ1) is 13.7. The highest BCUT2D eigenvalue weighted by Gasteiger charge is 2.09. The summed E-state index contributed by atoms with van der Waals surface area (Å²) in [5, 5.41) is 0. The largest absolute Gasteiger partial charge is 0.496 e. The molecule has 0 aliphatic carbocycles. The summed E-state index contributed by atoms with van der Waals surface area (Å²) in [6.45, 7) is 2.27. The Hall–Kier alpha value is -1.35. The molecule has 1 aromatic carbocycles. The number of methoxy groups -OCH3 is 2. The number of aryl methyl sites for hydroxylation is 1. The van der Waals surface area contributed by atoms with Crippen molar-refractivity contribution < 1.29 is 14.3 Å². The number of ketones is 1. The quantitative estimate of drug-likeness (QED) is 0.683. The summed E-state index contributed by atoms with van der Waals surface area (Å²) in [5.74, 6) is 0.861. The number of ether oxygens (including phenoxy) is 2. The molecule has 17 heavy (non-hydrogen) atoms. The van der Waals surface area contributed by atoms with Gasteiger partial charge in [0.15, 0.2) is 5.78 Å². The van der Waals surface area contributed by atoms with Gasteiger partial charge in [0.05, 0.1) is 7.11 Å². The maximum absolute atomic E-state index is 11.7. The minimum atomic E-state index is 0.00732. The second-order valence-corrected chi connectivity index (χ2v) is 3.99. The summed E-state index contributed by atoms with van der Waals surface area (Å²) in [6, 6.07) is 5.55. The third-order valence-corrected chi connectivity index (χ3v) is 2.68. The summed E-state index contributed by atoms with van der Waals surface area (Å²) in [4.78, 5) is 11.7. The van der Waals surface area contributed by atoms with E-state index < -0.39 is 0 Å². The first-order valence-electron chi connectivity index (χ1n) is 5.92. The van der Waals surface area contributed by atoms with Gasteiger partial charge in [-0.3, -0.25) is 4.79 Å². The number of carbonyl (C=O) groups is 1. The molecular weight excluding hydrogens is 216 g/mol. The zero-order valence-electron chi connectivity index (χ0n) is 10.8. The first-order chi connectivity index (χ1) is 8.22. The molecule has 0 amide bonds. The fourth-order valence-corrected chi connectivity index (χ4v) is 1.73. The van der Waals surface area contributed by atoms with Crippen LogP contribution in [0, 0.1) is 0 Å². The van der Waals surface area contributed by atoms with Gasteiger partial charge in [-0.2, -0.15) is 0 Å². The van der Waals surface area contributed by atoms with E-state index in [0.717, 1.165) is 30.6 Å². The predicted octanol–water partition coefficient (Wildman–Crippen LogP) is 2.87. The molecule has 0 aromatic heterocycles. The smallest absolute Gasteiger partial charge is 0.188 e. The molecule has 0 fully saturated rings. The van der Waals surface area contributed by atoms with Gasteiger partial charge >= 0.3 is 0 Å². The average molecular weight is 236 g/mol. The zero-order chi connectivity index (χ0) is 12.7. The summed E-state index contributed by atoms with van der Waals surface area (Å²) >= 11 is 0. The lowest BCUT2D eigenvalue weighted by Crippen LogP contribution is -2.07. The molecule has 94 valence electrons. The Balaban J connectivity index is 2.91. The molecule has 3 nitrogen and oxygen atoms in total. The van der Waals surface area contributed by atoms with Gasteiger partial charge in [-0.15, -0.1) is 0 Å². The van der Waals surface area contributed by atoms with E-state index in [1.54, 1.807) is 13.2 Å². The van der Waals surface area contributed by atoms with Crippen LogP contribution in [0.5, 0.6) is 5.75 Å². The molecule has 0 unspecified atom stereocenters. The number of hydrogen-bond donors (Lipinski definition) is 0. The van der Waals surface area contributed by atoms with Crippen molar-refractivity contribution in [1.29, 1.82) is 0 Å². The van der Waals surface area contributed by atoms with E-state index >= 15 is 0 Å². The Morgan fingerprint density at radius 2 is 2.06 bits per heavy atom. The van der Waals surface area contributed by atoms with E-state index in [9.17, 15) is 4.79 Å². The van der Waals surface area contributed by atoms with Gasteiger partial charge in [0, 0.05) is 12.7 Å². The minimum Gasteiger partial charge on any atom is -0.496 e. The molecule has 0 atom stereocenters. The van der Waals surface area contributed by atoms with Gasteiger partial charge in [-0.1, -0.05) is 13.3 Å². The molecule has 3 heteroatoms. The highest BCUT2D eigenvalue weighted by Crippen LogP contribution is 2.22. The Labute approximate surface area is 103 Å². The summed E-state index contributed by atoms with van der Waals surface area (Å²) in [5.41, 5.74) is 1.79. The number of benzene rings is 1. The van der Waals surface area contributed by atoms with Crippen molar-refractivity contribution in [3.8, 4) is 5.75 Å². The lowest BCUT2D eigenvalue weighted by atomic mass is 10.0. The standard InChI is InChI=1S/C14H20O3/c1-4-5-6-12-9-11(13(15)10-16-2)7-8-14(12)17-3/h7-9H,4-6,10H2,1-3H3. The monoisotopic (exact) mass is 236 g/mol. The molecule has 0 spiro atoms. The molecule has 0 bridgehead atoms. The molecule has 0 aliphatic heterocycles. The molecule has 0 saturated heterocycles. The number of Topliss-reactive ketones (excluding diaryl/α,β-unsaturated/α-hetero) is 1. The lowest BCUT2D eigenvalue weighted by molar-refractivity contribution is 0.0848. The lowest BCUT2D eigenvalue weighted by Gasteiger charge is -2.10. The van der Waals surface area contributed by atoms with Gasteiger partial charge in [0.25, 0.3) is 0 Å². The third-order valence-electron chi connectivity index (χ3n) is 2.68. The van der Waals surface area contributed by atoms with Gasteiger partial charge in [-0.25, -0.2) is 0 Å². The van der Waals surface area contributed by atoms with Crippen LogP contribution in [-0.2, 0) is 11.2 Å². The maximum Gasteiger partial charge on any atom is 0.188 e. The molecule has 1 rings (SSSR count). The molecular formula is C14H20O3. The topological polar surface area (TPSA) is 35.5 Å². The Bertz CT molecular complexity index is 372. The van der Waals surface area contributed by atoms with Crippen molar-refractivity contribution >= 4 is 5.78 Å². The van der Waals surface area contributed by atoms with Crippen molar-refractivity contribution in [2.45, 2.75) is 26.2 Å². The van der Waals surface area contributed by atoms with E-state index in [4.69, 9.17) is 9.47 Å². The third kappa shape index (κ3) is 3.86. The summed E-state index contributed by atoms with van der Waals surface area (Å²) < 4.78 is 10.1. The number of hydrogen-bond acceptors (Lipinski definition) is 3. The highest BCUT2D eigenvalue weighted by molar-refractivity contribution is 5.97. The van der Waals surface area contributed by atoms with Crippen LogP contribution in [0.25, 0.3) is 0 Å². The Kier molecular flexibility index (Phi) is 5.70. The average Bonchev–Trinajstić information content (AvgIpc) is 2.36. The second-order valence-electron chi connectivity index (χ2n) is 3.99. The molecule has 0 N–H and O–H groups in total. The maximum atomic E-state index is 11.7. The van der Waals surface area contributed by atoms with E-state index in [1.807, 2.05) is 12.1 Å². The molecule has 0 heterocycles. The van der Waals surface area contributed by atoms with Crippen molar-refractivity contribution in [2.75, 3.05) is 20.8 Å². The van der Waals surface area contributed by atoms with Crippen LogP contribution >= 0.6 is 0 Å². The van der Waals surface area contributed by atoms with Crippen LogP contribution in [0.15, 0.2) is 18.2 Å². The van der Waals surface area contributed by atoms with Gasteiger partial charge < -0.3 is 9.47 Å². The normalized spacial score (nSPS) is 10.3. The van der Waals surface area contributed by atoms with Crippen LogP contribution in [0.2, 0.25) is 0 Å². The van der Waals surface area contributed by atoms with Crippen molar-refractivity contribution in [3.05, 3.63) is 29.3 Å². The van der Waals surface area contributed by atoms with E-state index in [2.05, 4.69) is 6.92 Å². The molecule has 1 aromatic rings. The molecule has 0 radical (unpaired) electrons.